The monoisotopic (exact) mass is 231 g/mol. The summed E-state index contributed by atoms with van der Waals surface area (Å²) in [7, 11) is 0. The molecule has 17 heavy (non-hydrogen) atoms. The average Bonchev–Trinajstić information content (AvgIpc) is 2.32. The fourth-order valence-electron chi connectivity index (χ4n) is 1.14. The molecule has 6 nitrogen and oxygen atoms in total. The molecule has 0 aliphatic heterocycles. The summed E-state index contributed by atoms with van der Waals surface area (Å²) in [6, 6.07) is 7.20. The molecular formula is C11H9N3O3. The molecule has 0 fully saturated rings. The Morgan fingerprint density at radius 3 is 2.59 bits per heavy atom. The van der Waals surface area contributed by atoms with E-state index < -0.39 is 5.97 Å². The highest BCUT2D eigenvalue weighted by Crippen LogP contribution is 2.16. The van der Waals surface area contributed by atoms with E-state index in [4.69, 9.17) is 15.6 Å². The largest absolute Gasteiger partial charge is 0.508 e. The lowest BCUT2D eigenvalue weighted by Gasteiger charge is -2.03. The molecule has 1 heterocycles. The third kappa shape index (κ3) is 2.69. The van der Waals surface area contributed by atoms with Gasteiger partial charge in [0.25, 0.3) is 0 Å². The first kappa shape index (κ1) is 10.9. The summed E-state index contributed by atoms with van der Waals surface area (Å²) in [6.07, 6.45) is 1.37. The number of nitrogens with two attached hydrogens (primary N) is 1. The number of benzene rings is 1. The van der Waals surface area contributed by atoms with Gasteiger partial charge in [0.15, 0.2) is 0 Å². The predicted octanol–water partition coefficient (Wildman–Crippen LogP) is 0.984. The van der Waals surface area contributed by atoms with Crippen molar-refractivity contribution in [1.82, 2.24) is 9.97 Å². The van der Waals surface area contributed by atoms with E-state index in [1.807, 2.05) is 0 Å². The van der Waals surface area contributed by atoms with Crippen LogP contribution in [0, 0.1) is 0 Å². The van der Waals surface area contributed by atoms with Crippen molar-refractivity contribution >= 4 is 11.8 Å². The number of carbonyl (C=O) groups is 1. The number of carbonyl (C=O) groups excluding carboxylic acids is 1. The number of aromatic nitrogens is 2. The van der Waals surface area contributed by atoms with Crippen molar-refractivity contribution in [2.24, 2.45) is 0 Å². The van der Waals surface area contributed by atoms with Crippen LogP contribution < -0.4 is 10.5 Å². The zero-order chi connectivity index (χ0) is 12.3. The fourth-order valence-corrected chi connectivity index (χ4v) is 1.14. The van der Waals surface area contributed by atoms with Crippen LogP contribution in [0.1, 0.15) is 10.6 Å². The molecule has 0 radical (unpaired) electrons. The van der Waals surface area contributed by atoms with E-state index in [1.165, 1.54) is 36.5 Å². The molecule has 0 atom stereocenters. The van der Waals surface area contributed by atoms with Crippen LogP contribution in [-0.2, 0) is 0 Å². The molecule has 3 N–H and O–H groups in total. The van der Waals surface area contributed by atoms with Crippen molar-refractivity contribution < 1.29 is 14.6 Å². The maximum absolute atomic E-state index is 11.6. The van der Waals surface area contributed by atoms with Crippen molar-refractivity contribution in [3.63, 3.8) is 0 Å². The third-order valence-corrected chi connectivity index (χ3v) is 1.91. The molecule has 86 valence electrons. The van der Waals surface area contributed by atoms with Crippen LogP contribution in [0.4, 0.5) is 5.82 Å². The molecule has 0 aliphatic carbocycles. The quantitative estimate of drug-likeness (QED) is 0.590. The maximum Gasteiger partial charge on any atom is 0.381 e. The Morgan fingerprint density at radius 2 is 1.94 bits per heavy atom. The highest BCUT2D eigenvalue weighted by molar-refractivity contribution is 5.87. The summed E-state index contributed by atoms with van der Waals surface area (Å²) in [5, 5.41) is 9.06. The number of phenolic OH excluding ortho intramolecular Hbond substituents is 1. The molecule has 2 rings (SSSR count). The Labute approximate surface area is 96.7 Å². The van der Waals surface area contributed by atoms with Gasteiger partial charge in [-0.25, -0.2) is 14.8 Å². The van der Waals surface area contributed by atoms with E-state index in [-0.39, 0.29) is 17.4 Å². The topological polar surface area (TPSA) is 98.3 Å². The zero-order valence-electron chi connectivity index (χ0n) is 8.70. The first-order chi connectivity index (χ1) is 8.15. The number of phenols is 1. The average molecular weight is 231 g/mol. The molecule has 0 amide bonds. The second kappa shape index (κ2) is 4.48. The summed E-state index contributed by atoms with van der Waals surface area (Å²) >= 11 is 0. The molecule has 0 saturated carbocycles. The van der Waals surface area contributed by atoms with E-state index in [0.717, 1.165) is 0 Å². The highest BCUT2D eigenvalue weighted by Gasteiger charge is 2.12. The van der Waals surface area contributed by atoms with Gasteiger partial charge in [0, 0.05) is 6.20 Å². The lowest BCUT2D eigenvalue weighted by Crippen LogP contribution is -2.13. The minimum Gasteiger partial charge on any atom is -0.508 e. The second-order valence-corrected chi connectivity index (χ2v) is 3.19. The van der Waals surface area contributed by atoms with Gasteiger partial charge in [0.05, 0.1) is 0 Å². The Bertz CT molecular complexity index is 540. The first-order valence-electron chi connectivity index (χ1n) is 4.75. The Hall–Kier alpha value is -2.63. The van der Waals surface area contributed by atoms with Gasteiger partial charge in [0.2, 0.25) is 5.82 Å². The van der Waals surface area contributed by atoms with Crippen molar-refractivity contribution in [3.8, 4) is 11.5 Å². The lowest BCUT2D eigenvalue weighted by atomic mass is 10.3. The van der Waals surface area contributed by atoms with Gasteiger partial charge in [-0.15, -0.1) is 0 Å². The van der Waals surface area contributed by atoms with Crippen LogP contribution in [0.3, 0.4) is 0 Å². The molecule has 1 aromatic heterocycles. The normalized spacial score (nSPS) is 9.88. The summed E-state index contributed by atoms with van der Waals surface area (Å²) in [5.74, 6) is -0.248. The van der Waals surface area contributed by atoms with Crippen molar-refractivity contribution in [2.45, 2.75) is 0 Å². The minimum absolute atomic E-state index is 0.0880. The standard InChI is InChI=1S/C11H9N3O3/c12-9-5-6-13-10(14-9)11(16)17-8-3-1-7(15)2-4-8/h1-6,15H,(H2,12,13,14). The first-order valence-corrected chi connectivity index (χ1v) is 4.75. The summed E-state index contributed by atoms with van der Waals surface area (Å²) < 4.78 is 4.98. The van der Waals surface area contributed by atoms with E-state index in [9.17, 15) is 4.79 Å². The van der Waals surface area contributed by atoms with Gasteiger partial charge in [-0.3, -0.25) is 0 Å². The van der Waals surface area contributed by atoms with Crippen LogP contribution in [0.15, 0.2) is 36.5 Å². The Morgan fingerprint density at radius 1 is 1.24 bits per heavy atom. The predicted molar refractivity (Wildman–Crippen MR) is 59.5 cm³/mol. The van der Waals surface area contributed by atoms with E-state index in [2.05, 4.69) is 9.97 Å². The van der Waals surface area contributed by atoms with Crippen LogP contribution in [-0.4, -0.2) is 21.0 Å². The molecular weight excluding hydrogens is 222 g/mol. The zero-order valence-corrected chi connectivity index (χ0v) is 8.70. The van der Waals surface area contributed by atoms with Crippen LogP contribution in [0.25, 0.3) is 0 Å². The van der Waals surface area contributed by atoms with Gasteiger partial charge in [-0.2, -0.15) is 0 Å². The highest BCUT2D eigenvalue weighted by atomic mass is 16.5. The third-order valence-electron chi connectivity index (χ3n) is 1.91. The van der Waals surface area contributed by atoms with Crippen molar-refractivity contribution in [2.75, 3.05) is 5.73 Å². The number of hydrogen-bond acceptors (Lipinski definition) is 6. The molecule has 0 spiro atoms. The van der Waals surface area contributed by atoms with E-state index >= 15 is 0 Å². The molecule has 2 aromatic rings. The van der Waals surface area contributed by atoms with Crippen molar-refractivity contribution in [3.05, 3.63) is 42.4 Å². The number of hydrogen-bond donors (Lipinski definition) is 2. The van der Waals surface area contributed by atoms with Gasteiger partial charge < -0.3 is 15.6 Å². The number of anilines is 1. The number of nitrogens with zero attached hydrogens (tertiary/aromatic N) is 2. The molecule has 0 unspecified atom stereocenters. The number of ether oxygens (including phenoxy) is 1. The van der Waals surface area contributed by atoms with Gasteiger partial charge in [-0.05, 0) is 30.3 Å². The smallest absolute Gasteiger partial charge is 0.381 e. The number of aromatic hydroxyl groups is 1. The minimum atomic E-state index is -0.706. The summed E-state index contributed by atoms with van der Waals surface area (Å²) in [6.45, 7) is 0. The number of esters is 1. The van der Waals surface area contributed by atoms with Gasteiger partial charge in [-0.1, -0.05) is 0 Å². The lowest BCUT2D eigenvalue weighted by molar-refractivity contribution is 0.0722. The molecule has 0 bridgehead atoms. The van der Waals surface area contributed by atoms with E-state index in [0.29, 0.717) is 5.75 Å². The maximum atomic E-state index is 11.6. The molecule has 0 aliphatic rings. The molecule has 0 saturated heterocycles. The van der Waals surface area contributed by atoms with Gasteiger partial charge >= 0.3 is 5.97 Å². The van der Waals surface area contributed by atoms with Crippen molar-refractivity contribution in [1.29, 1.82) is 0 Å². The molecule has 1 aromatic carbocycles. The summed E-state index contributed by atoms with van der Waals surface area (Å²) in [5.41, 5.74) is 5.42. The number of nitrogen functional groups attached to an aromatic ring is 1. The SMILES string of the molecule is Nc1ccnc(C(=O)Oc2ccc(O)cc2)n1. The summed E-state index contributed by atoms with van der Waals surface area (Å²) in [4.78, 5) is 19.1. The second-order valence-electron chi connectivity index (χ2n) is 3.19. The van der Waals surface area contributed by atoms with E-state index in [1.54, 1.807) is 0 Å². The Balaban J connectivity index is 2.14. The Kier molecular flexibility index (Phi) is 2.87. The van der Waals surface area contributed by atoms with Crippen LogP contribution >= 0.6 is 0 Å². The number of rotatable bonds is 2. The molecule has 6 heteroatoms. The van der Waals surface area contributed by atoms with Gasteiger partial charge in [0.1, 0.15) is 17.3 Å². The van der Waals surface area contributed by atoms with Crippen LogP contribution in [0.5, 0.6) is 11.5 Å². The fraction of sp³-hybridized carbons (Fsp3) is 0. The van der Waals surface area contributed by atoms with Crippen LogP contribution in [0.2, 0.25) is 0 Å².